The summed E-state index contributed by atoms with van der Waals surface area (Å²) in [5.41, 5.74) is 0. The van der Waals surface area contributed by atoms with Gasteiger partial charge in [0.05, 0.1) is 39.9 Å². The molecule has 9 heteroatoms. The van der Waals surface area contributed by atoms with Crippen molar-refractivity contribution in [1.82, 2.24) is 5.32 Å². The van der Waals surface area contributed by atoms with Crippen LogP contribution in [0.15, 0.2) is 0 Å². The monoisotopic (exact) mass is 1040 g/mol. The van der Waals surface area contributed by atoms with Crippen molar-refractivity contribution < 1.29 is 32.9 Å². The largest absolute Gasteiger partial charge is 0.472 e. The number of unbranched alkanes of at least 4 members (excludes halogenated alkanes) is 48. The maximum Gasteiger partial charge on any atom is 0.472 e. The topological polar surface area (TPSA) is 105 Å². The first kappa shape index (κ1) is 71.5. The van der Waals surface area contributed by atoms with Gasteiger partial charge in [-0.2, -0.15) is 0 Å². The zero-order valence-electron chi connectivity index (χ0n) is 49.5. The van der Waals surface area contributed by atoms with Crippen LogP contribution in [0.25, 0.3) is 0 Å². The van der Waals surface area contributed by atoms with Crippen molar-refractivity contribution in [3.63, 3.8) is 0 Å². The minimum atomic E-state index is -4.32. The summed E-state index contributed by atoms with van der Waals surface area (Å²) >= 11 is 0. The van der Waals surface area contributed by atoms with E-state index in [0.29, 0.717) is 23.9 Å². The van der Waals surface area contributed by atoms with Crippen LogP contribution in [0.5, 0.6) is 0 Å². The van der Waals surface area contributed by atoms with Crippen LogP contribution in [0.2, 0.25) is 0 Å². The molecule has 0 aliphatic heterocycles. The Labute approximate surface area is 450 Å². The SMILES string of the molecule is CCCCCCCCCCCCCCCCCCCCCCCCCCCCCCCCCCCC(O)C(COP(=O)(O)OCC[N+](C)(C)C)NC(=O)CCCCCCCCCCCCCCCCCCC. The van der Waals surface area contributed by atoms with Crippen LogP contribution < -0.4 is 5.32 Å². The molecule has 0 aromatic carbocycles. The third-order valence-electron chi connectivity index (χ3n) is 15.4. The molecule has 3 N–H and O–H groups in total. The zero-order chi connectivity index (χ0) is 52.7. The van der Waals surface area contributed by atoms with E-state index in [2.05, 4.69) is 19.2 Å². The van der Waals surface area contributed by atoms with E-state index in [1.807, 2.05) is 21.1 Å². The van der Waals surface area contributed by atoms with E-state index < -0.39 is 20.0 Å². The maximum absolute atomic E-state index is 13.0. The van der Waals surface area contributed by atoms with Gasteiger partial charge in [-0.15, -0.1) is 0 Å². The molecule has 0 aliphatic carbocycles. The van der Waals surface area contributed by atoms with Crippen molar-refractivity contribution in [3.05, 3.63) is 0 Å². The van der Waals surface area contributed by atoms with Gasteiger partial charge >= 0.3 is 7.82 Å². The number of phosphoric ester groups is 1. The molecule has 0 rings (SSSR count). The lowest BCUT2D eigenvalue weighted by Crippen LogP contribution is -2.46. The molecular formula is C63H130N2O6P+. The summed E-state index contributed by atoms with van der Waals surface area (Å²) in [7, 11) is 1.64. The first-order chi connectivity index (χ1) is 35.0. The highest BCUT2D eigenvalue weighted by Crippen LogP contribution is 2.43. The van der Waals surface area contributed by atoms with Gasteiger partial charge < -0.3 is 19.8 Å². The lowest BCUT2D eigenvalue weighted by Gasteiger charge is -2.26. The number of rotatable bonds is 61. The van der Waals surface area contributed by atoms with Crippen molar-refractivity contribution in [2.75, 3.05) is 40.9 Å². The number of phosphoric acid groups is 1. The smallest absolute Gasteiger partial charge is 0.391 e. The number of hydrogen-bond acceptors (Lipinski definition) is 5. The highest BCUT2D eigenvalue weighted by molar-refractivity contribution is 7.47. The summed E-state index contributed by atoms with van der Waals surface area (Å²) in [5.74, 6) is -0.136. The number of hydrogen-bond donors (Lipinski definition) is 3. The Hall–Kier alpha value is -0.500. The second-order valence-corrected chi connectivity index (χ2v) is 25.3. The molecule has 0 heterocycles. The summed E-state index contributed by atoms with van der Waals surface area (Å²) in [5, 5.41) is 14.1. The molecule has 0 aromatic rings. The minimum absolute atomic E-state index is 0.0792. The zero-order valence-corrected chi connectivity index (χ0v) is 50.4. The van der Waals surface area contributed by atoms with E-state index in [1.54, 1.807) is 0 Å². The summed E-state index contributed by atoms with van der Waals surface area (Å²) < 4.78 is 23.8. The molecule has 1 amide bonds. The fourth-order valence-electron chi connectivity index (χ4n) is 10.3. The van der Waals surface area contributed by atoms with Crippen molar-refractivity contribution in [2.45, 2.75) is 360 Å². The van der Waals surface area contributed by atoms with Crippen LogP contribution in [0.1, 0.15) is 348 Å². The Morgan fingerprint density at radius 2 is 0.667 bits per heavy atom. The number of nitrogens with zero attached hydrogens (tertiary/aromatic N) is 1. The van der Waals surface area contributed by atoms with Gasteiger partial charge in [0.2, 0.25) is 5.91 Å². The molecule has 0 spiro atoms. The lowest BCUT2D eigenvalue weighted by molar-refractivity contribution is -0.870. The van der Waals surface area contributed by atoms with Gasteiger partial charge in [0.1, 0.15) is 13.2 Å². The van der Waals surface area contributed by atoms with Gasteiger partial charge in [0.25, 0.3) is 0 Å². The first-order valence-corrected chi connectivity index (χ1v) is 33.9. The van der Waals surface area contributed by atoms with Crippen molar-refractivity contribution in [3.8, 4) is 0 Å². The van der Waals surface area contributed by atoms with E-state index in [0.717, 1.165) is 38.5 Å². The Kier molecular flexibility index (Phi) is 54.9. The molecular weight excluding hydrogens is 912 g/mol. The number of aliphatic hydroxyl groups is 1. The molecule has 432 valence electrons. The van der Waals surface area contributed by atoms with Gasteiger partial charge in [-0.05, 0) is 12.8 Å². The maximum atomic E-state index is 13.0. The van der Waals surface area contributed by atoms with Crippen LogP contribution in [-0.4, -0.2) is 73.4 Å². The van der Waals surface area contributed by atoms with Crippen LogP contribution in [0, 0.1) is 0 Å². The average Bonchev–Trinajstić information content (AvgIpc) is 3.34. The standard InChI is InChI=1S/C63H129N2O6P/c1-6-8-10-12-14-16-18-20-22-24-25-26-27-28-29-30-31-32-33-34-35-36-37-38-39-41-42-44-46-48-50-52-54-56-62(66)61(60-71-72(68,69)70-59-58-65(3,4)5)64-63(67)57-55-53-51-49-47-45-43-40-23-21-19-17-15-13-11-9-7-2/h61-62,66H,6-60H2,1-5H3,(H-,64,67,68,69)/p+1. The number of likely N-dealkylation sites (N-methyl/N-ethyl adjacent to an activating group) is 1. The normalized spacial score (nSPS) is 13.7. The number of quaternary nitrogens is 1. The van der Waals surface area contributed by atoms with Crippen molar-refractivity contribution in [1.29, 1.82) is 0 Å². The fraction of sp³-hybridized carbons (Fsp3) is 0.984. The highest BCUT2D eigenvalue weighted by atomic mass is 31.2. The summed E-state index contributed by atoms with van der Waals surface area (Å²) in [4.78, 5) is 23.4. The molecule has 0 saturated carbocycles. The van der Waals surface area contributed by atoms with Crippen LogP contribution in [-0.2, 0) is 18.4 Å². The number of carbonyl (C=O) groups excluding carboxylic acids is 1. The molecule has 72 heavy (non-hydrogen) atoms. The highest BCUT2D eigenvalue weighted by Gasteiger charge is 2.28. The van der Waals surface area contributed by atoms with Crippen LogP contribution in [0.4, 0.5) is 0 Å². The lowest BCUT2D eigenvalue weighted by atomic mass is 10.0. The Bertz CT molecular complexity index is 1140. The quantitative estimate of drug-likeness (QED) is 0.0318. The summed E-state index contributed by atoms with van der Waals surface area (Å²) in [6.07, 6.45) is 67.6. The molecule has 0 saturated heterocycles. The van der Waals surface area contributed by atoms with Crippen LogP contribution >= 0.6 is 7.82 Å². The van der Waals surface area contributed by atoms with Gasteiger partial charge in [0, 0.05) is 6.42 Å². The van der Waals surface area contributed by atoms with Gasteiger partial charge in [0.15, 0.2) is 0 Å². The second kappa shape index (κ2) is 55.3. The first-order valence-electron chi connectivity index (χ1n) is 32.4. The molecule has 3 atom stereocenters. The fourth-order valence-corrected chi connectivity index (χ4v) is 11.0. The predicted molar refractivity (Wildman–Crippen MR) is 314 cm³/mol. The van der Waals surface area contributed by atoms with E-state index in [-0.39, 0.29) is 19.1 Å². The van der Waals surface area contributed by atoms with Gasteiger partial charge in [-0.1, -0.05) is 328 Å². The number of amides is 1. The molecule has 3 unspecified atom stereocenters. The number of nitrogens with one attached hydrogen (secondary N) is 1. The van der Waals surface area contributed by atoms with E-state index in [1.165, 1.54) is 283 Å². The molecule has 0 aromatic heterocycles. The Morgan fingerprint density at radius 3 is 0.931 bits per heavy atom. The van der Waals surface area contributed by atoms with Crippen LogP contribution in [0.3, 0.4) is 0 Å². The second-order valence-electron chi connectivity index (χ2n) is 23.9. The van der Waals surface area contributed by atoms with Crippen molar-refractivity contribution >= 4 is 13.7 Å². The van der Waals surface area contributed by atoms with E-state index >= 15 is 0 Å². The Balaban J connectivity index is 3.96. The molecule has 0 fully saturated rings. The molecule has 0 aliphatic rings. The minimum Gasteiger partial charge on any atom is -0.391 e. The molecule has 0 bridgehead atoms. The van der Waals surface area contributed by atoms with E-state index in [4.69, 9.17) is 9.05 Å². The predicted octanol–water partition coefficient (Wildman–Crippen LogP) is 20.0. The van der Waals surface area contributed by atoms with Crippen molar-refractivity contribution in [2.24, 2.45) is 0 Å². The third kappa shape index (κ3) is 57.2. The molecule has 8 nitrogen and oxygen atoms in total. The third-order valence-corrected chi connectivity index (χ3v) is 16.3. The summed E-state index contributed by atoms with van der Waals surface area (Å²) in [6, 6.07) is -0.755. The van der Waals surface area contributed by atoms with Gasteiger partial charge in [-0.3, -0.25) is 13.8 Å². The average molecular weight is 1040 g/mol. The van der Waals surface area contributed by atoms with Gasteiger partial charge in [-0.25, -0.2) is 4.57 Å². The summed E-state index contributed by atoms with van der Waals surface area (Å²) in [6.45, 7) is 4.95. The van der Waals surface area contributed by atoms with E-state index in [9.17, 15) is 19.4 Å². The number of carbonyl (C=O) groups is 1. The number of aliphatic hydroxyl groups excluding tert-OH is 1. The Morgan fingerprint density at radius 1 is 0.417 bits per heavy atom. The molecule has 0 radical (unpaired) electrons.